The lowest BCUT2D eigenvalue weighted by atomic mass is 9.76. The van der Waals surface area contributed by atoms with E-state index < -0.39 is 11.4 Å². The van der Waals surface area contributed by atoms with Gasteiger partial charge in [-0.1, -0.05) is 25.1 Å². The van der Waals surface area contributed by atoms with Crippen LogP contribution in [-0.2, 0) is 11.3 Å². The molecule has 1 aromatic carbocycles. The van der Waals surface area contributed by atoms with Gasteiger partial charge in [0, 0.05) is 5.39 Å². The number of aliphatic carboxylic acids is 1. The van der Waals surface area contributed by atoms with Gasteiger partial charge in [0.15, 0.2) is 0 Å². The van der Waals surface area contributed by atoms with Crippen LogP contribution in [0, 0.1) is 5.41 Å². The minimum atomic E-state index is -0.645. The molecule has 1 aromatic heterocycles. The molecular formula is C17H21NO3. The summed E-state index contributed by atoms with van der Waals surface area (Å²) >= 11 is 0. The molecule has 4 heteroatoms. The summed E-state index contributed by atoms with van der Waals surface area (Å²) in [6.45, 7) is 4.37. The third kappa shape index (κ3) is 2.68. The Morgan fingerprint density at radius 1 is 1.33 bits per heavy atom. The summed E-state index contributed by atoms with van der Waals surface area (Å²) in [6, 6.07) is 10.1. The second-order valence-electron chi connectivity index (χ2n) is 5.97. The smallest absolute Gasteiger partial charge is 0.309 e. The van der Waals surface area contributed by atoms with Crippen molar-refractivity contribution in [2.24, 2.45) is 5.41 Å². The van der Waals surface area contributed by atoms with Gasteiger partial charge in [-0.3, -0.25) is 9.69 Å². The zero-order chi connectivity index (χ0) is 14.9. The number of carbonyl (C=O) groups is 1. The Morgan fingerprint density at radius 3 is 2.67 bits per heavy atom. The van der Waals surface area contributed by atoms with Crippen LogP contribution in [0.4, 0.5) is 0 Å². The van der Waals surface area contributed by atoms with Gasteiger partial charge in [0.2, 0.25) is 0 Å². The molecule has 1 saturated heterocycles. The fraction of sp³-hybridized carbons (Fsp3) is 0.471. The number of benzene rings is 1. The number of hydrogen-bond donors (Lipinski definition) is 1. The number of nitrogens with zero attached hydrogens (tertiary/aromatic N) is 1. The summed E-state index contributed by atoms with van der Waals surface area (Å²) in [5, 5.41) is 10.5. The summed E-state index contributed by atoms with van der Waals surface area (Å²) in [4.78, 5) is 13.7. The van der Waals surface area contributed by atoms with Crippen LogP contribution in [0.15, 0.2) is 34.7 Å². The summed E-state index contributed by atoms with van der Waals surface area (Å²) in [5.74, 6) is 0.309. The Hall–Kier alpha value is -1.81. The molecule has 1 aliphatic rings. The number of likely N-dealkylation sites (tertiary alicyclic amines) is 1. The number of rotatable bonds is 4. The second-order valence-corrected chi connectivity index (χ2v) is 5.97. The summed E-state index contributed by atoms with van der Waals surface area (Å²) < 4.78 is 5.84. The highest BCUT2D eigenvalue weighted by Gasteiger charge is 2.39. The maximum absolute atomic E-state index is 11.5. The van der Waals surface area contributed by atoms with Gasteiger partial charge in [0.05, 0.1) is 12.0 Å². The van der Waals surface area contributed by atoms with Crippen LogP contribution in [0.25, 0.3) is 11.0 Å². The quantitative estimate of drug-likeness (QED) is 0.935. The number of furan rings is 1. The second kappa shape index (κ2) is 5.53. The first-order valence-electron chi connectivity index (χ1n) is 7.56. The maximum atomic E-state index is 11.5. The molecule has 4 nitrogen and oxygen atoms in total. The van der Waals surface area contributed by atoms with E-state index in [9.17, 15) is 9.90 Å². The predicted molar refractivity (Wildman–Crippen MR) is 81.1 cm³/mol. The van der Waals surface area contributed by atoms with Crippen LogP contribution in [0.1, 0.15) is 31.9 Å². The first-order chi connectivity index (χ1) is 10.1. The Morgan fingerprint density at radius 2 is 2.05 bits per heavy atom. The highest BCUT2D eigenvalue weighted by molar-refractivity contribution is 5.77. The fourth-order valence-electron chi connectivity index (χ4n) is 3.19. The van der Waals surface area contributed by atoms with Crippen molar-refractivity contribution in [3.63, 3.8) is 0 Å². The van der Waals surface area contributed by atoms with Gasteiger partial charge in [-0.2, -0.15) is 0 Å². The monoisotopic (exact) mass is 287 g/mol. The Balaban J connectivity index is 1.66. The predicted octanol–water partition coefficient (Wildman–Crippen LogP) is 3.51. The van der Waals surface area contributed by atoms with Crippen molar-refractivity contribution in [2.45, 2.75) is 32.7 Å². The first-order valence-corrected chi connectivity index (χ1v) is 7.56. The van der Waals surface area contributed by atoms with E-state index >= 15 is 0 Å². The first kappa shape index (κ1) is 14.1. The number of fused-ring (bicyclic) bond motifs is 1. The minimum Gasteiger partial charge on any atom is -0.481 e. The van der Waals surface area contributed by atoms with E-state index in [1.807, 2.05) is 31.2 Å². The minimum absolute atomic E-state index is 0.523. The van der Waals surface area contributed by atoms with Crippen LogP contribution in [0.5, 0.6) is 0 Å². The topological polar surface area (TPSA) is 53.7 Å². The van der Waals surface area contributed by atoms with Gasteiger partial charge in [-0.15, -0.1) is 0 Å². The van der Waals surface area contributed by atoms with E-state index in [2.05, 4.69) is 11.0 Å². The Labute approximate surface area is 124 Å². The van der Waals surface area contributed by atoms with E-state index in [-0.39, 0.29) is 0 Å². The van der Waals surface area contributed by atoms with Crippen LogP contribution in [0.3, 0.4) is 0 Å². The van der Waals surface area contributed by atoms with Crippen molar-refractivity contribution in [2.75, 3.05) is 13.1 Å². The fourth-order valence-corrected chi connectivity index (χ4v) is 3.19. The molecular weight excluding hydrogens is 266 g/mol. The van der Waals surface area contributed by atoms with Crippen molar-refractivity contribution in [3.05, 3.63) is 36.1 Å². The molecule has 1 N–H and O–H groups in total. The van der Waals surface area contributed by atoms with Crippen molar-refractivity contribution in [1.29, 1.82) is 0 Å². The molecule has 1 fully saturated rings. The highest BCUT2D eigenvalue weighted by Crippen LogP contribution is 2.35. The highest BCUT2D eigenvalue weighted by atomic mass is 16.4. The molecule has 0 radical (unpaired) electrons. The number of carboxylic acid groups (broad SMARTS) is 1. The van der Waals surface area contributed by atoms with Gasteiger partial charge in [-0.25, -0.2) is 0 Å². The zero-order valence-electron chi connectivity index (χ0n) is 12.3. The molecule has 21 heavy (non-hydrogen) atoms. The van der Waals surface area contributed by atoms with Gasteiger partial charge < -0.3 is 9.52 Å². The molecule has 0 bridgehead atoms. The molecule has 0 spiro atoms. The van der Waals surface area contributed by atoms with Gasteiger partial charge in [0.1, 0.15) is 11.3 Å². The van der Waals surface area contributed by atoms with E-state index in [1.165, 1.54) is 0 Å². The van der Waals surface area contributed by atoms with E-state index in [0.29, 0.717) is 6.42 Å². The Bertz CT molecular complexity index is 605. The lowest BCUT2D eigenvalue weighted by molar-refractivity contribution is -0.152. The SMILES string of the molecule is CCC1(C(=O)O)CCN(Cc2cc3ccccc3o2)CC1. The third-order valence-corrected chi connectivity index (χ3v) is 4.80. The largest absolute Gasteiger partial charge is 0.481 e. The van der Waals surface area contributed by atoms with E-state index in [4.69, 9.17) is 4.42 Å². The van der Waals surface area contributed by atoms with Gasteiger partial charge in [0.25, 0.3) is 0 Å². The molecule has 3 rings (SSSR count). The average Bonchev–Trinajstić information content (AvgIpc) is 2.90. The lowest BCUT2D eigenvalue weighted by Crippen LogP contribution is -2.43. The lowest BCUT2D eigenvalue weighted by Gasteiger charge is -2.37. The van der Waals surface area contributed by atoms with Crippen LogP contribution in [0.2, 0.25) is 0 Å². The van der Waals surface area contributed by atoms with E-state index in [0.717, 1.165) is 49.2 Å². The number of piperidine rings is 1. The van der Waals surface area contributed by atoms with E-state index in [1.54, 1.807) is 0 Å². The van der Waals surface area contributed by atoms with Crippen LogP contribution in [-0.4, -0.2) is 29.1 Å². The maximum Gasteiger partial charge on any atom is 0.309 e. The standard InChI is InChI=1S/C17H21NO3/c1-2-17(16(19)20)7-9-18(10-8-17)12-14-11-13-5-3-4-6-15(13)21-14/h3-6,11H,2,7-10,12H2,1H3,(H,19,20). The molecule has 2 heterocycles. The number of hydrogen-bond acceptors (Lipinski definition) is 3. The van der Waals surface area contributed by atoms with Crippen LogP contribution >= 0.6 is 0 Å². The molecule has 0 saturated carbocycles. The van der Waals surface area contributed by atoms with Gasteiger partial charge in [-0.05, 0) is 44.5 Å². The van der Waals surface area contributed by atoms with Crippen LogP contribution < -0.4 is 0 Å². The zero-order valence-corrected chi connectivity index (χ0v) is 12.3. The molecule has 0 unspecified atom stereocenters. The molecule has 2 aromatic rings. The van der Waals surface area contributed by atoms with Crippen molar-refractivity contribution >= 4 is 16.9 Å². The summed E-state index contributed by atoms with van der Waals surface area (Å²) in [7, 11) is 0. The molecule has 1 aliphatic heterocycles. The normalized spacial score (nSPS) is 18.9. The number of carboxylic acids is 1. The number of para-hydroxylation sites is 1. The molecule has 112 valence electrons. The Kier molecular flexibility index (Phi) is 3.72. The summed E-state index contributed by atoms with van der Waals surface area (Å²) in [5.41, 5.74) is 0.391. The van der Waals surface area contributed by atoms with Crippen molar-refractivity contribution in [1.82, 2.24) is 4.90 Å². The molecule has 0 amide bonds. The molecule has 0 atom stereocenters. The summed E-state index contributed by atoms with van der Waals surface area (Å²) in [6.07, 6.45) is 2.15. The van der Waals surface area contributed by atoms with Crippen molar-refractivity contribution in [3.8, 4) is 0 Å². The third-order valence-electron chi connectivity index (χ3n) is 4.80. The van der Waals surface area contributed by atoms with Crippen molar-refractivity contribution < 1.29 is 14.3 Å². The molecule has 0 aliphatic carbocycles. The average molecular weight is 287 g/mol. The van der Waals surface area contributed by atoms with Gasteiger partial charge >= 0.3 is 5.97 Å².